The molecular formula is C62H73N13O16. The number of carboxylic acids is 1. The number of carboxylic acid groups (broad SMARTS) is 1. The number of aliphatic hydroxyl groups is 1. The van der Waals surface area contributed by atoms with Crippen molar-refractivity contribution in [1.29, 1.82) is 0 Å². The second-order valence-electron chi connectivity index (χ2n) is 21.7. The average Bonchev–Trinajstić information content (AvgIpc) is 1.65. The van der Waals surface area contributed by atoms with Gasteiger partial charge < -0.3 is 77.1 Å². The minimum Gasteiger partial charge on any atom is -0.481 e. The lowest BCUT2D eigenvalue weighted by Crippen LogP contribution is -2.58. The number of carbonyl (C=O) groups is 9. The number of rotatable bonds is 27. The standard InChI is InChI=1S/C62H73N13O16/c1-2-62(87)43-28-49-54-41(32-75(49)59(85)42(43)33-91-60(62)86)39(40-12-6-7-14-44(40)70-54)13-8-21-68-74-52(78)35-90-25-23-88-22-24-89-34-51(77)66-30-38-18-16-37(17-19-38)27-47-56(82)71-45(15-9-20-65-61(63)64)55(81)67-31-50(76)69-48(29-53(79)80)58(84)73-46(57(83)72-47)26-36-10-4-3-5-11-36/h3-7,10-12,14,16-19,21,28,45-48,87H,2,8-9,13,15,20,22-27,29-35H2,1H3,(H,66,77)(H,67,81)(H,69,76)(H,71,82)(H,72,83)(H,73,84)(H,74,78)(H,79,80)(H4,63,64,65)/b68-21+/t45-,46+,47-,48-,62-/m0/s1. The van der Waals surface area contributed by atoms with Crippen molar-refractivity contribution in [2.24, 2.45) is 21.6 Å². The van der Waals surface area contributed by atoms with E-state index in [9.17, 15) is 58.2 Å². The van der Waals surface area contributed by atoms with Crippen LogP contribution in [0.5, 0.6) is 0 Å². The first kappa shape index (κ1) is 67.0. The van der Waals surface area contributed by atoms with E-state index in [0.29, 0.717) is 46.4 Å². The Morgan fingerprint density at radius 1 is 0.769 bits per heavy atom. The number of hydrogen-bond acceptors (Lipinski definition) is 18. The minimum atomic E-state index is -1.94. The fourth-order valence-electron chi connectivity index (χ4n) is 10.5. The molecule has 0 unspecified atom stereocenters. The number of fused-ring (bicyclic) bond motifs is 5. The van der Waals surface area contributed by atoms with E-state index in [0.717, 1.165) is 16.5 Å². The van der Waals surface area contributed by atoms with E-state index in [4.69, 9.17) is 35.4 Å². The third-order valence-electron chi connectivity index (χ3n) is 15.3. The van der Waals surface area contributed by atoms with Crippen molar-refractivity contribution >= 4 is 76.4 Å². The molecule has 5 atom stereocenters. The summed E-state index contributed by atoms with van der Waals surface area (Å²) in [6.45, 7) is 1.07. The van der Waals surface area contributed by atoms with Crippen LogP contribution in [0.4, 0.5) is 0 Å². The number of ether oxygens (including phenoxy) is 4. The van der Waals surface area contributed by atoms with Gasteiger partial charge in [0.05, 0.1) is 68.4 Å². The Morgan fingerprint density at radius 3 is 2.08 bits per heavy atom. The molecule has 3 aliphatic rings. The maximum atomic E-state index is 14.2. The highest BCUT2D eigenvalue weighted by Crippen LogP contribution is 2.40. The van der Waals surface area contributed by atoms with Crippen LogP contribution < -0.4 is 54.4 Å². The van der Waals surface area contributed by atoms with Crippen LogP contribution in [0.3, 0.4) is 0 Å². The van der Waals surface area contributed by atoms with Crippen molar-refractivity contribution in [3.63, 3.8) is 0 Å². The number of cyclic esters (lactones) is 1. The molecule has 91 heavy (non-hydrogen) atoms. The Morgan fingerprint density at radius 2 is 1.40 bits per heavy atom. The number of aliphatic carboxylic acids is 1. The quantitative estimate of drug-likeness (QED) is 0.00955. The van der Waals surface area contributed by atoms with Gasteiger partial charge in [-0.2, -0.15) is 5.10 Å². The Bertz CT molecular complexity index is 3630. The first-order valence-electron chi connectivity index (χ1n) is 29.6. The molecular weight excluding hydrogens is 1180 g/mol. The van der Waals surface area contributed by atoms with Gasteiger partial charge in [0.25, 0.3) is 11.5 Å². The number of amides is 7. The highest BCUT2D eigenvalue weighted by molar-refractivity contribution is 5.98. The first-order valence-corrected chi connectivity index (χ1v) is 29.6. The summed E-state index contributed by atoms with van der Waals surface area (Å²) in [5, 5.41) is 41.3. The number of esters is 1. The van der Waals surface area contributed by atoms with E-state index < -0.39 is 96.0 Å². The van der Waals surface area contributed by atoms with Crippen LogP contribution in [0.25, 0.3) is 22.3 Å². The molecule has 5 aromatic rings. The Hall–Kier alpha value is -9.97. The second kappa shape index (κ2) is 32.0. The number of para-hydroxylation sites is 1. The van der Waals surface area contributed by atoms with Gasteiger partial charge in [0.2, 0.25) is 35.4 Å². The molecule has 0 bridgehead atoms. The van der Waals surface area contributed by atoms with Crippen molar-refractivity contribution < 1.29 is 72.3 Å². The maximum absolute atomic E-state index is 14.2. The molecule has 1 saturated heterocycles. The predicted molar refractivity (Wildman–Crippen MR) is 327 cm³/mol. The molecule has 8 rings (SSSR count). The summed E-state index contributed by atoms with van der Waals surface area (Å²) in [7, 11) is 0. The zero-order valence-electron chi connectivity index (χ0n) is 50.0. The minimum absolute atomic E-state index is 0.00334. The smallest absolute Gasteiger partial charge is 0.343 e. The molecule has 2 aromatic heterocycles. The lowest BCUT2D eigenvalue weighted by molar-refractivity contribution is -0.172. The lowest BCUT2D eigenvalue weighted by atomic mass is 9.86. The van der Waals surface area contributed by atoms with Crippen LogP contribution in [0.2, 0.25) is 0 Å². The highest BCUT2D eigenvalue weighted by atomic mass is 16.6. The molecule has 3 aromatic carbocycles. The SMILES string of the molecule is CC[C@@]1(O)C(=O)OCc2c1cc1n(c2=O)Cc2c-1nc1ccccc1c2CC/C=N/NC(=O)COCCOCCOCC(=O)NCc1ccc(C[C@@H]2NC(=O)[C@@H](Cc3ccccc3)NC(=O)[C@H](CC(=O)O)NC(=O)CNC(=O)[C@H](CCCN=C(N)N)NC2=O)cc1. The summed E-state index contributed by atoms with van der Waals surface area (Å²) in [5.41, 5.74) is 17.0. The molecule has 5 heterocycles. The first-order chi connectivity index (χ1) is 43.8. The van der Waals surface area contributed by atoms with Crippen molar-refractivity contribution in [3.05, 3.63) is 134 Å². The zero-order valence-corrected chi connectivity index (χ0v) is 50.0. The van der Waals surface area contributed by atoms with Gasteiger partial charge >= 0.3 is 11.9 Å². The number of nitrogens with one attached hydrogen (secondary N) is 7. The number of guanidine groups is 1. The van der Waals surface area contributed by atoms with Crippen LogP contribution in [-0.2, 0) is 107 Å². The molecule has 0 aliphatic carbocycles. The number of aliphatic imine (C=N–C) groups is 1. The van der Waals surface area contributed by atoms with Crippen molar-refractivity contribution in [1.82, 2.24) is 46.9 Å². The number of hydrazone groups is 1. The average molecular weight is 1260 g/mol. The number of aryl methyl sites for hydroxylation is 1. The van der Waals surface area contributed by atoms with Gasteiger partial charge in [0.15, 0.2) is 11.6 Å². The second-order valence-corrected chi connectivity index (χ2v) is 21.7. The predicted octanol–water partition coefficient (Wildman–Crippen LogP) is -1.14. The van der Waals surface area contributed by atoms with Gasteiger partial charge in [-0.1, -0.05) is 79.7 Å². The number of nitrogens with two attached hydrogens (primary N) is 2. The lowest BCUT2D eigenvalue weighted by Gasteiger charge is -2.31. The van der Waals surface area contributed by atoms with Gasteiger partial charge in [-0.25, -0.2) is 15.2 Å². The van der Waals surface area contributed by atoms with Gasteiger partial charge in [0.1, 0.15) is 44.0 Å². The van der Waals surface area contributed by atoms with E-state index in [1.54, 1.807) is 78.4 Å². The number of pyridine rings is 2. The van der Waals surface area contributed by atoms with Crippen LogP contribution in [0.1, 0.15) is 78.0 Å². The van der Waals surface area contributed by atoms with Crippen LogP contribution >= 0.6 is 0 Å². The molecule has 0 spiro atoms. The zero-order chi connectivity index (χ0) is 65.0. The maximum Gasteiger partial charge on any atom is 0.343 e. The summed E-state index contributed by atoms with van der Waals surface area (Å²) >= 11 is 0. The number of nitrogens with zero attached hydrogens (tertiary/aromatic N) is 4. The Kier molecular flexibility index (Phi) is 23.5. The summed E-state index contributed by atoms with van der Waals surface area (Å²) in [6, 6.07) is 19.0. The van der Waals surface area contributed by atoms with Gasteiger partial charge in [0, 0.05) is 48.7 Å². The fourth-order valence-corrected chi connectivity index (χ4v) is 10.5. The molecule has 29 nitrogen and oxygen atoms in total. The summed E-state index contributed by atoms with van der Waals surface area (Å²) in [4.78, 5) is 141. The molecule has 7 amide bonds. The normalized spacial score (nSPS) is 19.2. The monoisotopic (exact) mass is 1260 g/mol. The van der Waals surface area contributed by atoms with Crippen molar-refractivity contribution in [2.75, 3.05) is 52.7 Å². The summed E-state index contributed by atoms with van der Waals surface area (Å²) in [6.07, 6.45) is 1.69. The number of aromatic nitrogens is 2. The molecule has 0 radical (unpaired) electrons. The fraction of sp³-hybridized carbons (Fsp3) is 0.403. The molecule has 482 valence electrons. The van der Waals surface area contributed by atoms with Gasteiger partial charge in [-0.3, -0.25) is 48.1 Å². The van der Waals surface area contributed by atoms with Gasteiger partial charge in [-0.05, 0) is 66.5 Å². The largest absolute Gasteiger partial charge is 0.481 e. The Balaban J connectivity index is 0.761. The third kappa shape index (κ3) is 18.1. The molecule has 0 saturated carbocycles. The molecule has 3 aliphatic heterocycles. The topological polar surface area (TPSA) is 427 Å². The van der Waals surface area contributed by atoms with E-state index in [2.05, 4.69) is 47.4 Å². The molecule has 13 N–H and O–H groups in total. The Labute approximate surface area is 521 Å². The van der Waals surface area contributed by atoms with Crippen LogP contribution in [0, 0.1) is 0 Å². The van der Waals surface area contributed by atoms with Crippen molar-refractivity contribution in [3.8, 4) is 11.4 Å². The van der Waals surface area contributed by atoms with E-state index in [-0.39, 0.29) is 121 Å². The summed E-state index contributed by atoms with van der Waals surface area (Å²) in [5.74, 6) is -7.60. The van der Waals surface area contributed by atoms with Crippen LogP contribution in [0.15, 0.2) is 99.8 Å². The van der Waals surface area contributed by atoms with E-state index in [1.165, 1.54) is 0 Å². The highest BCUT2D eigenvalue weighted by Gasteiger charge is 2.46. The molecule has 1 fully saturated rings. The summed E-state index contributed by atoms with van der Waals surface area (Å²) < 4.78 is 23.2. The van der Waals surface area contributed by atoms with E-state index in [1.807, 2.05) is 24.3 Å². The third-order valence-corrected chi connectivity index (χ3v) is 15.3. The number of carbonyl (C=O) groups excluding carboxylic acids is 8. The van der Waals surface area contributed by atoms with E-state index >= 15 is 0 Å². The van der Waals surface area contributed by atoms with Gasteiger partial charge in [-0.15, -0.1) is 0 Å². The number of benzene rings is 3. The number of hydrogen-bond donors (Lipinski definition) is 11. The van der Waals surface area contributed by atoms with Crippen LogP contribution in [-0.4, -0.2) is 162 Å². The molecule has 29 heteroatoms. The van der Waals surface area contributed by atoms with Crippen molar-refractivity contribution in [2.45, 2.75) is 108 Å².